The molecule has 4 heteroatoms. The van der Waals surface area contributed by atoms with E-state index in [9.17, 15) is 0 Å². The fourth-order valence-electron chi connectivity index (χ4n) is 2.09. The van der Waals surface area contributed by atoms with E-state index in [0.29, 0.717) is 5.92 Å². The van der Waals surface area contributed by atoms with Crippen LogP contribution >= 0.6 is 0 Å². The highest BCUT2D eigenvalue weighted by atomic mass is 16.5. The van der Waals surface area contributed by atoms with Crippen LogP contribution in [-0.4, -0.2) is 47.6 Å². The molecule has 0 saturated heterocycles. The fourth-order valence-corrected chi connectivity index (χ4v) is 2.09. The molecular weight excluding hydrogens is 242 g/mol. The Labute approximate surface area is 116 Å². The minimum Gasteiger partial charge on any atom is -0.496 e. The van der Waals surface area contributed by atoms with E-state index >= 15 is 0 Å². The second-order valence-corrected chi connectivity index (χ2v) is 4.53. The first-order valence-corrected chi connectivity index (χ1v) is 6.62. The van der Waals surface area contributed by atoms with Crippen molar-refractivity contribution in [3.05, 3.63) is 29.8 Å². The number of para-hydroxylation sites is 1. The van der Waals surface area contributed by atoms with Gasteiger partial charge in [0, 0.05) is 27.3 Å². The van der Waals surface area contributed by atoms with Crippen LogP contribution in [0.2, 0.25) is 0 Å². The molecule has 0 radical (unpaired) electrons. The molecule has 0 aliphatic rings. The van der Waals surface area contributed by atoms with E-state index in [1.807, 2.05) is 18.2 Å². The molecule has 1 atom stereocenters. The van der Waals surface area contributed by atoms with Crippen LogP contribution in [0.1, 0.15) is 5.56 Å². The standard InChI is InChI=1S/C15H25NO3/c1-17-9-8-16-11-13(12-18-2)10-14-6-4-5-7-15(14)19-3/h4-7,13,16H,8-12H2,1-3H3. The van der Waals surface area contributed by atoms with Crippen molar-refractivity contribution >= 4 is 0 Å². The van der Waals surface area contributed by atoms with Crippen LogP contribution in [0.15, 0.2) is 24.3 Å². The van der Waals surface area contributed by atoms with Gasteiger partial charge in [0.05, 0.1) is 20.3 Å². The highest BCUT2D eigenvalue weighted by Gasteiger charge is 2.12. The van der Waals surface area contributed by atoms with Crippen molar-refractivity contribution in [3.63, 3.8) is 0 Å². The van der Waals surface area contributed by atoms with Crippen molar-refractivity contribution in [2.45, 2.75) is 6.42 Å². The SMILES string of the molecule is COCCNCC(COC)Cc1ccccc1OC. The van der Waals surface area contributed by atoms with E-state index in [2.05, 4.69) is 11.4 Å². The first kappa shape index (κ1) is 16.0. The number of nitrogens with one attached hydrogen (secondary N) is 1. The van der Waals surface area contributed by atoms with Crippen LogP contribution in [-0.2, 0) is 15.9 Å². The van der Waals surface area contributed by atoms with Gasteiger partial charge in [0.2, 0.25) is 0 Å². The summed E-state index contributed by atoms with van der Waals surface area (Å²) in [6.45, 7) is 3.24. The third-order valence-electron chi connectivity index (χ3n) is 3.02. The molecule has 1 rings (SSSR count). The van der Waals surface area contributed by atoms with Crippen molar-refractivity contribution in [1.29, 1.82) is 0 Å². The molecular formula is C15H25NO3. The molecule has 0 spiro atoms. The van der Waals surface area contributed by atoms with Gasteiger partial charge in [-0.2, -0.15) is 0 Å². The Bertz CT molecular complexity index is 344. The van der Waals surface area contributed by atoms with E-state index in [1.54, 1.807) is 21.3 Å². The van der Waals surface area contributed by atoms with Gasteiger partial charge in [0.25, 0.3) is 0 Å². The van der Waals surface area contributed by atoms with Gasteiger partial charge < -0.3 is 19.5 Å². The number of rotatable bonds is 10. The first-order chi connectivity index (χ1) is 9.31. The van der Waals surface area contributed by atoms with Gasteiger partial charge in [0.1, 0.15) is 5.75 Å². The van der Waals surface area contributed by atoms with Gasteiger partial charge in [-0.15, -0.1) is 0 Å². The van der Waals surface area contributed by atoms with Crippen molar-refractivity contribution in [2.24, 2.45) is 5.92 Å². The summed E-state index contributed by atoms with van der Waals surface area (Å²) in [5, 5.41) is 3.38. The van der Waals surface area contributed by atoms with Crippen LogP contribution in [0.5, 0.6) is 5.75 Å². The number of methoxy groups -OCH3 is 3. The second kappa shape index (κ2) is 9.78. The number of hydrogen-bond donors (Lipinski definition) is 1. The lowest BCUT2D eigenvalue weighted by atomic mass is 9.99. The van der Waals surface area contributed by atoms with E-state index in [-0.39, 0.29) is 0 Å². The van der Waals surface area contributed by atoms with Crippen LogP contribution in [0.4, 0.5) is 0 Å². The summed E-state index contributed by atoms with van der Waals surface area (Å²) in [5.74, 6) is 1.37. The van der Waals surface area contributed by atoms with Crippen molar-refractivity contribution in [2.75, 3.05) is 47.6 Å². The van der Waals surface area contributed by atoms with Gasteiger partial charge in [-0.25, -0.2) is 0 Å². The molecule has 0 fully saturated rings. The van der Waals surface area contributed by atoms with E-state index < -0.39 is 0 Å². The third-order valence-corrected chi connectivity index (χ3v) is 3.02. The fraction of sp³-hybridized carbons (Fsp3) is 0.600. The zero-order chi connectivity index (χ0) is 13.9. The Kier molecular flexibility index (Phi) is 8.21. The lowest BCUT2D eigenvalue weighted by Gasteiger charge is -2.18. The van der Waals surface area contributed by atoms with Crippen molar-refractivity contribution in [1.82, 2.24) is 5.32 Å². The lowest BCUT2D eigenvalue weighted by molar-refractivity contribution is 0.146. The summed E-state index contributed by atoms with van der Waals surface area (Å²) in [6.07, 6.45) is 0.942. The molecule has 19 heavy (non-hydrogen) atoms. The summed E-state index contributed by atoms with van der Waals surface area (Å²) >= 11 is 0. The van der Waals surface area contributed by atoms with Crippen molar-refractivity contribution in [3.8, 4) is 5.75 Å². The quantitative estimate of drug-likeness (QED) is 0.655. The van der Waals surface area contributed by atoms with Gasteiger partial charge in [0.15, 0.2) is 0 Å². The molecule has 108 valence electrons. The Morgan fingerprint density at radius 3 is 2.58 bits per heavy atom. The first-order valence-electron chi connectivity index (χ1n) is 6.62. The van der Waals surface area contributed by atoms with E-state index in [1.165, 1.54) is 5.56 Å². The van der Waals surface area contributed by atoms with Gasteiger partial charge in [-0.05, 0) is 24.0 Å². The Morgan fingerprint density at radius 2 is 1.89 bits per heavy atom. The molecule has 0 heterocycles. The predicted octanol–water partition coefficient (Wildman–Crippen LogP) is 1.74. The minimum absolute atomic E-state index is 0.429. The molecule has 1 N–H and O–H groups in total. The summed E-state index contributed by atoms with van der Waals surface area (Å²) in [6, 6.07) is 8.14. The topological polar surface area (TPSA) is 39.7 Å². The largest absolute Gasteiger partial charge is 0.496 e. The van der Waals surface area contributed by atoms with Crippen LogP contribution < -0.4 is 10.1 Å². The van der Waals surface area contributed by atoms with Crippen LogP contribution in [0, 0.1) is 5.92 Å². The normalized spacial score (nSPS) is 12.4. The smallest absolute Gasteiger partial charge is 0.122 e. The summed E-state index contributed by atoms with van der Waals surface area (Å²) < 4.78 is 15.7. The molecule has 0 bridgehead atoms. The third kappa shape index (κ3) is 6.05. The lowest BCUT2D eigenvalue weighted by Crippen LogP contribution is -2.29. The predicted molar refractivity (Wildman–Crippen MR) is 76.8 cm³/mol. The summed E-state index contributed by atoms with van der Waals surface area (Å²) in [5.41, 5.74) is 1.22. The number of hydrogen-bond acceptors (Lipinski definition) is 4. The minimum atomic E-state index is 0.429. The molecule has 0 amide bonds. The van der Waals surface area contributed by atoms with Crippen molar-refractivity contribution < 1.29 is 14.2 Å². The highest BCUT2D eigenvalue weighted by Crippen LogP contribution is 2.20. The second-order valence-electron chi connectivity index (χ2n) is 4.53. The van der Waals surface area contributed by atoms with Crippen LogP contribution in [0.25, 0.3) is 0 Å². The molecule has 0 aliphatic carbocycles. The van der Waals surface area contributed by atoms with Crippen LogP contribution in [0.3, 0.4) is 0 Å². The molecule has 1 aromatic rings. The van der Waals surface area contributed by atoms with Gasteiger partial charge >= 0.3 is 0 Å². The van der Waals surface area contributed by atoms with E-state index in [0.717, 1.165) is 38.5 Å². The molecule has 1 aromatic carbocycles. The van der Waals surface area contributed by atoms with Gasteiger partial charge in [-0.1, -0.05) is 18.2 Å². The molecule has 0 aliphatic heterocycles. The molecule has 1 unspecified atom stereocenters. The van der Waals surface area contributed by atoms with Gasteiger partial charge in [-0.3, -0.25) is 0 Å². The monoisotopic (exact) mass is 267 g/mol. The molecule has 0 aromatic heterocycles. The highest BCUT2D eigenvalue weighted by molar-refractivity contribution is 5.33. The maximum atomic E-state index is 5.39. The average Bonchev–Trinajstić information content (AvgIpc) is 2.44. The number of ether oxygens (including phenoxy) is 3. The molecule has 4 nitrogen and oxygen atoms in total. The average molecular weight is 267 g/mol. The maximum absolute atomic E-state index is 5.39. The number of benzene rings is 1. The Balaban J connectivity index is 2.51. The maximum Gasteiger partial charge on any atom is 0.122 e. The van der Waals surface area contributed by atoms with E-state index in [4.69, 9.17) is 14.2 Å². The molecule has 0 saturated carbocycles. The Morgan fingerprint density at radius 1 is 1.11 bits per heavy atom. The zero-order valence-electron chi connectivity index (χ0n) is 12.1. The Hall–Kier alpha value is -1.10. The summed E-state index contributed by atoms with van der Waals surface area (Å²) in [7, 11) is 5.16. The zero-order valence-corrected chi connectivity index (χ0v) is 12.1. The summed E-state index contributed by atoms with van der Waals surface area (Å²) in [4.78, 5) is 0.